The third kappa shape index (κ3) is 7.38. The maximum atomic E-state index is 11.6. The Morgan fingerprint density at radius 1 is 1.48 bits per heavy atom. The van der Waals surface area contributed by atoms with Crippen molar-refractivity contribution in [3.05, 3.63) is 17.6 Å². The van der Waals surface area contributed by atoms with Crippen LogP contribution in [0.2, 0.25) is 0 Å². The van der Waals surface area contributed by atoms with Crippen LogP contribution in [-0.4, -0.2) is 37.9 Å². The Labute approximate surface area is 144 Å². The average Bonchev–Trinajstić information content (AvgIpc) is 2.44. The van der Waals surface area contributed by atoms with Crippen LogP contribution in [-0.2, 0) is 20.9 Å². The van der Waals surface area contributed by atoms with Gasteiger partial charge in [0.2, 0.25) is 0 Å². The van der Waals surface area contributed by atoms with E-state index in [2.05, 4.69) is 15.3 Å². The molecule has 0 spiro atoms. The monoisotopic (exact) mass is 356 g/mol. The first-order valence-corrected chi connectivity index (χ1v) is 8.24. The fraction of sp³-hybridized carbons (Fsp3) is 0.500. The molecule has 1 atom stereocenters. The zero-order valence-electron chi connectivity index (χ0n) is 13.3. The minimum absolute atomic E-state index is 0.0236. The SMILES string of the molecule is CC(=O)OCC[C@H](SC(=S)NCc1cnc(C)nc1N)C(C)=O. The molecular weight excluding hydrogens is 336 g/mol. The molecule has 0 aliphatic heterocycles. The summed E-state index contributed by atoms with van der Waals surface area (Å²) in [7, 11) is 0. The number of ether oxygens (including phenoxy) is 1. The lowest BCUT2D eigenvalue weighted by Crippen LogP contribution is -2.25. The van der Waals surface area contributed by atoms with E-state index < -0.39 is 0 Å². The van der Waals surface area contributed by atoms with Gasteiger partial charge in [0.1, 0.15) is 21.7 Å². The van der Waals surface area contributed by atoms with Gasteiger partial charge in [-0.1, -0.05) is 24.0 Å². The highest BCUT2D eigenvalue weighted by Crippen LogP contribution is 2.18. The van der Waals surface area contributed by atoms with Crippen LogP contribution in [0.1, 0.15) is 31.7 Å². The lowest BCUT2D eigenvalue weighted by molar-refractivity contribution is -0.141. The summed E-state index contributed by atoms with van der Waals surface area (Å²) in [6.07, 6.45) is 2.05. The summed E-state index contributed by atoms with van der Waals surface area (Å²) in [4.78, 5) is 30.5. The molecule has 0 saturated carbocycles. The Kier molecular flexibility index (Phi) is 7.90. The van der Waals surface area contributed by atoms with Gasteiger partial charge >= 0.3 is 5.97 Å². The second-order valence-electron chi connectivity index (χ2n) is 4.81. The molecule has 0 amide bonds. The van der Waals surface area contributed by atoms with Crippen molar-refractivity contribution in [2.45, 2.75) is 39.0 Å². The Morgan fingerprint density at radius 2 is 2.17 bits per heavy atom. The standard InChI is InChI=1S/C14H20N4O3S2/c1-8(19)12(4-5-21-10(3)20)23-14(22)17-7-11-6-16-9(2)18-13(11)15/h6,12H,4-5,7H2,1-3H3,(H,17,22)(H2,15,16,18)/t12-/m0/s1. The van der Waals surface area contributed by atoms with E-state index in [4.69, 9.17) is 22.7 Å². The molecule has 7 nitrogen and oxygen atoms in total. The molecule has 0 bridgehead atoms. The van der Waals surface area contributed by atoms with Gasteiger partial charge in [0.15, 0.2) is 0 Å². The summed E-state index contributed by atoms with van der Waals surface area (Å²) in [5.41, 5.74) is 6.54. The molecule has 23 heavy (non-hydrogen) atoms. The molecule has 9 heteroatoms. The molecule has 1 rings (SSSR count). The first kappa shape index (κ1) is 19.3. The van der Waals surface area contributed by atoms with Crippen molar-refractivity contribution in [3.8, 4) is 0 Å². The summed E-state index contributed by atoms with van der Waals surface area (Å²) < 4.78 is 5.32. The van der Waals surface area contributed by atoms with E-state index in [1.807, 2.05) is 0 Å². The van der Waals surface area contributed by atoms with Crippen LogP contribution in [0.15, 0.2) is 6.20 Å². The van der Waals surface area contributed by atoms with Crippen LogP contribution >= 0.6 is 24.0 Å². The summed E-state index contributed by atoms with van der Waals surface area (Å²) in [5, 5.41) is 2.66. The first-order chi connectivity index (χ1) is 10.8. The highest BCUT2D eigenvalue weighted by molar-refractivity contribution is 8.23. The van der Waals surface area contributed by atoms with Gasteiger partial charge in [0, 0.05) is 31.6 Å². The number of thioether (sulfide) groups is 1. The number of Topliss-reactive ketones (excluding diaryl/α,β-unsaturated/α-hetero) is 1. The number of rotatable bonds is 7. The van der Waals surface area contributed by atoms with Crippen LogP contribution in [0.25, 0.3) is 0 Å². The van der Waals surface area contributed by atoms with Crippen molar-refractivity contribution in [1.82, 2.24) is 15.3 Å². The minimum atomic E-state index is -0.368. The molecule has 0 aliphatic rings. The number of aryl methyl sites for hydroxylation is 1. The average molecular weight is 356 g/mol. The molecule has 0 unspecified atom stereocenters. The second-order valence-corrected chi connectivity index (χ2v) is 6.69. The molecule has 0 saturated heterocycles. The molecule has 1 aromatic heterocycles. The third-order valence-electron chi connectivity index (χ3n) is 2.83. The quantitative estimate of drug-likeness (QED) is 0.553. The molecule has 0 radical (unpaired) electrons. The summed E-state index contributed by atoms with van der Waals surface area (Å²) in [6, 6.07) is 0. The van der Waals surface area contributed by atoms with E-state index in [1.165, 1.54) is 25.6 Å². The van der Waals surface area contributed by atoms with Crippen molar-refractivity contribution in [2.24, 2.45) is 0 Å². The predicted octanol–water partition coefficient (Wildman–Crippen LogP) is 1.39. The van der Waals surface area contributed by atoms with Crippen LogP contribution in [0, 0.1) is 6.92 Å². The zero-order chi connectivity index (χ0) is 17.4. The van der Waals surface area contributed by atoms with Gasteiger partial charge in [-0.3, -0.25) is 9.59 Å². The number of nitrogen functional groups attached to an aromatic ring is 1. The normalized spacial score (nSPS) is 11.6. The third-order valence-corrected chi connectivity index (χ3v) is 4.47. The Bertz CT molecular complexity index is 595. The number of nitrogens with one attached hydrogen (secondary N) is 1. The van der Waals surface area contributed by atoms with E-state index >= 15 is 0 Å². The van der Waals surface area contributed by atoms with Gasteiger partial charge in [0.05, 0.1) is 11.9 Å². The lowest BCUT2D eigenvalue weighted by Gasteiger charge is -2.15. The fourth-order valence-corrected chi connectivity index (χ4v) is 2.86. The minimum Gasteiger partial charge on any atom is -0.466 e. The van der Waals surface area contributed by atoms with E-state index in [0.717, 1.165) is 5.56 Å². The first-order valence-electron chi connectivity index (χ1n) is 6.96. The molecule has 1 heterocycles. The van der Waals surface area contributed by atoms with Crippen molar-refractivity contribution in [3.63, 3.8) is 0 Å². The maximum Gasteiger partial charge on any atom is 0.302 e. The number of carbonyl (C=O) groups is 2. The van der Waals surface area contributed by atoms with Gasteiger partial charge in [-0.2, -0.15) is 0 Å². The molecular formula is C14H20N4O3S2. The highest BCUT2D eigenvalue weighted by Gasteiger charge is 2.18. The number of carbonyl (C=O) groups excluding carboxylic acids is 2. The van der Waals surface area contributed by atoms with Gasteiger partial charge in [-0.25, -0.2) is 9.97 Å². The van der Waals surface area contributed by atoms with Crippen molar-refractivity contribution in [2.75, 3.05) is 12.3 Å². The zero-order valence-corrected chi connectivity index (χ0v) is 14.9. The van der Waals surface area contributed by atoms with Crippen molar-refractivity contribution < 1.29 is 14.3 Å². The van der Waals surface area contributed by atoms with Crippen molar-refractivity contribution >= 4 is 45.9 Å². The molecule has 126 valence electrons. The number of ketones is 1. The Hall–Kier alpha value is -1.74. The van der Waals surface area contributed by atoms with Crippen LogP contribution in [0.3, 0.4) is 0 Å². The van der Waals surface area contributed by atoms with E-state index in [-0.39, 0.29) is 23.6 Å². The fourth-order valence-electron chi connectivity index (χ4n) is 1.64. The number of esters is 1. The van der Waals surface area contributed by atoms with Crippen LogP contribution in [0.5, 0.6) is 0 Å². The second kappa shape index (κ2) is 9.41. The molecule has 1 aromatic rings. The summed E-state index contributed by atoms with van der Waals surface area (Å²) in [5.74, 6) is 0.610. The van der Waals surface area contributed by atoms with Gasteiger partial charge in [-0.05, 0) is 13.8 Å². The largest absolute Gasteiger partial charge is 0.466 e. The Balaban J connectivity index is 2.48. The number of nitrogens with two attached hydrogens (primary N) is 1. The van der Waals surface area contributed by atoms with E-state index in [0.29, 0.717) is 28.9 Å². The van der Waals surface area contributed by atoms with Crippen LogP contribution < -0.4 is 11.1 Å². The smallest absolute Gasteiger partial charge is 0.302 e. The van der Waals surface area contributed by atoms with Crippen molar-refractivity contribution in [1.29, 1.82) is 0 Å². The summed E-state index contributed by atoms with van der Waals surface area (Å²) in [6.45, 7) is 5.14. The van der Waals surface area contributed by atoms with Crippen LogP contribution in [0.4, 0.5) is 5.82 Å². The predicted molar refractivity (Wildman–Crippen MR) is 93.9 cm³/mol. The number of hydrogen-bond acceptors (Lipinski definition) is 8. The molecule has 0 fully saturated rings. The van der Waals surface area contributed by atoms with Gasteiger partial charge in [0.25, 0.3) is 0 Å². The van der Waals surface area contributed by atoms with Gasteiger partial charge < -0.3 is 15.8 Å². The molecule has 3 N–H and O–H groups in total. The summed E-state index contributed by atoms with van der Waals surface area (Å²) >= 11 is 6.46. The van der Waals surface area contributed by atoms with E-state index in [9.17, 15) is 9.59 Å². The molecule has 0 aromatic carbocycles. The van der Waals surface area contributed by atoms with Gasteiger partial charge in [-0.15, -0.1) is 0 Å². The number of anilines is 1. The highest BCUT2D eigenvalue weighted by atomic mass is 32.2. The van der Waals surface area contributed by atoms with E-state index in [1.54, 1.807) is 13.1 Å². The number of nitrogens with zero attached hydrogens (tertiary/aromatic N) is 2. The maximum absolute atomic E-state index is 11.6. The number of hydrogen-bond donors (Lipinski definition) is 2. The number of aromatic nitrogens is 2. The lowest BCUT2D eigenvalue weighted by atomic mass is 10.2. The topological polar surface area (TPSA) is 107 Å². The number of thiocarbonyl (C=S) groups is 1. The Morgan fingerprint density at radius 3 is 2.74 bits per heavy atom. The molecule has 0 aliphatic carbocycles.